The maximum Gasteiger partial charge on any atom is 0.227 e. The molecule has 0 N–H and O–H groups in total. The number of carbonyl (C=O) groups excluding carboxylic acids is 1. The van der Waals surface area contributed by atoms with Gasteiger partial charge in [0.2, 0.25) is 5.91 Å². The summed E-state index contributed by atoms with van der Waals surface area (Å²) in [6.45, 7) is 8.04. The van der Waals surface area contributed by atoms with E-state index in [-0.39, 0.29) is 11.3 Å². The largest absolute Gasteiger partial charge is 0.342 e. The summed E-state index contributed by atoms with van der Waals surface area (Å²) in [6.07, 6.45) is 2.97. The van der Waals surface area contributed by atoms with Crippen molar-refractivity contribution in [2.45, 2.75) is 27.2 Å². The molecular formula is C9H16NO. The van der Waals surface area contributed by atoms with Crippen LogP contribution < -0.4 is 0 Å². The smallest absolute Gasteiger partial charge is 0.227 e. The fourth-order valence-corrected chi connectivity index (χ4v) is 0.998. The molecular weight excluding hydrogens is 138 g/mol. The third kappa shape index (κ3) is 2.52. The summed E-state index contributed by atoms with van der Waals surface area (Å²) in [7, 11) is 0. The van der Waals surface area contributed by atoms with Crippen LogP contribution in [0.2, 0.25) is 0 Å². The average molecular weight is 154 g/mol. The minimum Gasteiger partial charge on any atom is -0.342 e. The van der Waals surface area contributed by atoms with Crippen LogP contribution >= 0.6 is 0 Å². The topological polar surface area (TPSA) is 20.3 Å². The van der Waals surface area contributed by atoms with Gasteiger partial charge in [-0.3, -0.25) is 4.79 Å². The Balaban J connectivity index is 2.31. The van der Waals surface area contributed by atoms with E-state index in [1.807, 2.05) is 25.7 Å². The van der Waals surface area contributed by atoms with Crippen LogP contribution in [0.4, 0.5) is 0 Å². The van der Waals surface area contributed by atoms with E-state index in [1.54, 1.807) is 6.42 Å². The molecule has 11 heavy (non-hydrogen) atoms. The monoisotopic (exact) mass is 154 g/mol. The van der Waals surface area contributed by atoms with Gasteiger partial charge in [-0.15, -0.1) is 0 Å². The van der Waals surface area contributed by atoms with E-state index in [0.29, 0.717) is 0 Å². The molecule has 0 saturated carbocycles. The second-order valence-electron chi connectivity index (χ2n) is 4.19. The van der Waals surface area contributed by atoms with Crippen LogP contribution in [0, 0.1) is 11.8 Å². The number of carbonyl (C=O) groups is 1. The fourth-order valence-electron chi connectivity index (χ4n) is 0.998. The van der Waals surface area contributed by atoms with Gasteiger partial charge in [0, 0.05) is 13.1 Å². The maximum absolute atomic E-state index is 11.3. The Morgan fingerprint density at radius 1 is 1.36 bits per heavy atom. The van der Waals surface area contributed by atoms with Gasteiger partial charge >= 0.3 is 0 Å². The molecule has 2 heteroatoms. The van der Waals surface area contributed by atoms with E-state index >= 15 is 0 Å². The maximum atomic E-state index is 11.3. The number of likely N-dealkylation sites (tertiary alicyclic amines) is 1. The Bertz CT molecular complexity index is 153. The van der Waals surface area contributed by atoms with Gasteiger partial charge in [-0.25, -0.2) is 0 Å². The Morgan fingerprint density at radius 3 is 2.18 bits per heavy atom. The zero-order valence-electron chi connectivity index (χ0n) is 7.55. The van der Waals surface area contributed by atoms with Crippen LogP contribution in [0.1, 0.15) is 27.2 Å². The van der Waals surface area contributed by atoms with Crippen LogP contribution in [-0.2, 0) is 4.79 Å². The molecule has 0 atom stereocenters. The lowest BCUT2D eigenvalue weighted by Gasteiger charge is -2.33. The highest BCUT2D eigenvalue weighted by molar-refractivity contribution is 5.86. The summed E-state index contributed by atoms with van der Waals surface area (Å²) in [5.41, 5.74) is 0.0205. The lowest BCUT2D eigenvalue weighted by molar-refractivity contribution is -0.131. The average Bonchev–Trinajstić information content (AvgIpc) is 1.50. The van der Waals surface area contributed by atoms with Gasteiger partial charge in [-0.2, -0.15) is 0 Å². The molecule has 0 aliphatic carbocycles. The summed E-state index contributed by atoms with van der Waals surface area (Å²) in [5.74, 6) is 0.198. The van der Waals surface area contributed by atoms with Crippen molar-refractivity contribution in [3.05, 3.63) is 6.42 Å². The summed E-state index contributed by atoms with van der Waals surface area (Å²) in [6, 6.07) is 0. The Hall–Kier alpha value is -0.530. The molecule has 0 aromatic rings. The Labute approximate surface area is 68.6 Å². The Morgan fingerprint density at radius 2 is 1.91 bits per heavy atom. The molecule has 1 saturated heterocycles. The third-order valence-electron chi connectivity index (χ3n) is 1.72. The highest BCUT2D eigenvalue weighted by Gasteiger charge is 2.24. The molecule has 63 valence electrons. The minimum absolute atomic E-state index is 0.0205. The minimum atomic E-state index is 0.0205. The van der Waals surface area contributed by atoms with Crippen LogP contribution in [0.25, 0.3) is 0 Å². The van der Waals surface area contributed by atoms with Gasteiger partial charge < -0.3 is 4.90 Å². The van der Waals surface area contributed by atoms with Crippen LogP contribution in [0.5, 0.6) is 0 Å². The fraction of sp³-hybridized carbons (Fsp3) is 0.778. The molecule has 1 radical (unpaired) electrons. The van der Waals surface area contributed by atoms with Crippen molar-refractivity contribution in [3.8, 4) is 0 Å². The van der Waals surface area contributed by atoms with Crippen molar-refractivity contribution in [1.82, 2.24) is 4.90 Å². The molecule has 1 rings (SSSR count). The molecule has 0 aromatic carbocycles. The predicted octanol–water partition coefficient (Wildman–Crippen LogP) is 1.47. The predicted molar refractivity (Wildman–Crippen MR) is 45.0 cm³/mol. The van der Waals surface area contributed by atoms with Gasteiger partial charge in [-0.05, 0) is 11.8 Å². The number of nitrogens with zero attached hydrogens (tertiary/aromatic N) is 1. The number of amides is 1. The van der Waals surface area contributed by atoms with Crippen LogP contribution in [0.3, 0.4) is 0 Å². The van der Waals surface area contributed by atoms with Crippen molar-refractivity contribution in [1.29, 1.82) is 0 Å². The van der Waals surface area contributed by atoms with Crippen molar-refractivity contribution in [2.75, 3.05) is 13.1 Å². The number of hydrogen-bond donors (Lipinski definition) is 0. The first-order valence-electron chi connectivity index (χ1n) is 4.14. The molecule has 2 nitrogen and oxygen atoms in total. The Kier molecular flexibility index (Phi) is 2.21. The molecule has 0 aromatic heterocycles. The van der Waals surface area contributed by atoms with Gasteiger partial charge in [0.15, 0.2) is 0 Å². The zero-order valence-corrected chi connectivity index (χ0v) is 7.55. The third-order valence-corrected chi connectivity index (χ3v) is 1.72. The van der Waals surface area contributed by atoms with Gasteiger partial charge in [0.1, 0.15) is 0 Å². The normalized spacial score (nSPS) is 17.9. The van der Waals surface area contributed by atoms with Crippen molar-refractivity contribution < 1.29 is 4.79 Å². The van der Waals surface area contributed by atoms with Gasteiger partial charge in [0.25, 0.3) is 0 Å². The van der Waals surface area contributed by atoms with Gasteiger partial charge in [0.05, 0.1) is 6.42 Å². The van der Waals surface area contributed by atoms with Crippen LogP contribution in [0.15, 0.2) is 0 Å². The molecule has 0 unspecified atom stereocenters. The van der Waals surface area contributed by atoms with E-state index < -0.39 is 0 Å². The van der Waals surface area contributed by atoms with E-state index in [9.17, 15) is 4.79 Å². The molecule has 0 bridgehead atoms. The second-order valence-corrected chi connectivity index (χ2v) is 4.19. The molecule has 1 aliphatic rings. The summed E-state index contributed by atoms with van der Waals surface area (Å²) < 4.78 is 0. The standard InChI is InChI=1S/C9H16NO/c1-9(2,3)7-8(11)10-5-4-6-10/h7H,4-6H2,1-3H3. The molecule has 1 fully saturated rings. The lowest BCUT2D eigenvalue weighted by atomic mass is 9.91. The van der Waals surface area contributed by atoms with Crippen molar-refractivity contribution in [2.24, 2.45) is 5.41 Å². The summed E-state index contributed by atoms with van der Waals surface area (Å²) in [4.78, 5) is 13.2. The van der Waals surface area contributed by atoms with Crippen molar-refractivity contribution in [3.63, 3.8) is 0 Å². The summed E-state index contributed by atoms with van der Waals surface area (Å²) in [5, 5.41) is 0. The lowest BCUT2D eigenvalue weighted by Crippen LogP contribution is -2.43. The van der Waals surface area contributed by atoms with E-state index in [0.717, 1.165) is 13.1 Å². The van der Waals surface area contributed by atoms with Gasteiger partial charge in [-0.1, -0.05) is 20.8 Å². The van der Waals surface area contributed by atoms with E-state index in [4.69, 9.17) is 0 Å². The van der Waals surface area contributed by atoms with E-state index in [1.165, 1.54) is 6.42 Å². The molecule has 1 heterocycles. The number of hydrogen-bond acceptors (Lipinski definition) is 1. The second kappa shape index (κ2) is 2.84. The zero-order chi connectivity index (χ0) is 8.48. The highest BCUT2D eigenvalue weighted by Crippen LogP contribution is 2.20. The molecule has 0 spiro atoms. The molecule has 1 aliphatic heterocycles. The SMILES string of the molecule is CC(C)(C)[CH]C(=O)N1CCC1. The first-order chi connectivity index (χ1) is 4.99. The quantitative estimate of drug-likeness (QED) is 0.560. The van der Waals surface area contributed by atoms with Crippen LogP contribution in [-0.4, -0.2) is 23.9 Å². The number of rotatable bonds is 1. The molecule has 1 amide bonds. The first-order valence-corrected chi connectivity index (χ1v) is 4.14. The van der Waals surface area contributed by atoms with Crippen molar-refractivity contribution >= 4 is 5.91 Å². The summed E-state index contributed by atoms with van der Waals surface area (Å²) >= 11 is 0. The van der Waals surface area contributed by atoms with E-state index in [2.05, 4.69) is 0 Å². The first kappa shape index (κ1) is 8.57. The highest BCUT2D eigenvalue weighted by atomic mass is 16.2.